The third-order valence-electron chi connectivity index (χ3n) is 6.10. The fraction of sp³-hybridized carbons (Fsp3) is 0.938. The molecule has 2 bridgehead atoms. The molecule has 0 aliphatic heterocycles. The van der Waals surface area contributed by atoms with Gasteiger partial charge in [0.25, 0.3) is 0 Å². The van der Waals surface area contributed by atoms with Gasteiger partial charge in [0, 0.05) is 12.1 Å². The van der Waals surface area contributed by atoms with Crippen LogP contribution in [-0.2, 0) is 4.79 Å². The summed E-state index contributed by atoms with van der Waals surface area (Å²) in [6.45, 7) is 4.68. The monoisotopic (exact) mass is 265 g/mol. The van der Waals surface area contributed by atoms with E-state index in [-0.39, 0.29) is 12.0 Å². The molecule has 0 aromatic carbocycles. The number of carboxylic acid groups (broad SMARTS) is 1. The lowest BCUT2D eigenvalue weighted by molar-refractivity contribution is -0.144. The molecule has 0 saturated heterocycles. The zero-order chi connectivity index (χ0) is 13.6. The van der Waals surface area contributed by atoms with Crippen molar-refractivity contribution in [2.45, 2.75) is 70.9 Å². The highest BCUT2D eigenvalue weighted by Crippen LogP contribution is 2.49. The Hall–Kier alpha value is -0.570. The van der Waals surface area contributed by atoms with E-state index in [0.29, 0.717) is 23.3 Å². The Kier molecular flexibility index (Phi) is 3.36. The van der Waals surface area contributed by atoms with E-state index in [1.54, 1.807) is 0 Å². The standard InChI is InChI=1S/C16H27NO2/c1-16(2)8-4-3-5-12(16)17-14-11-7-6-10(9-11)13(14)15(18)19/h10-14,17H,3-9H2,1-2H3,(H,18,19). The predicted molar refractivity (Wildman–Crippen MR) is 74.9 cm³/mol. The Bertz CT molecular complexity index is 366. The average molecular weight is 265 g/mol. The molecule has 5 atom stereocenters. The molecule has 5 unspecified atom stereocenters. The van der Waals surface area contributed by atoms with Gasteiger partial charge in [-0.3, -0.25) is 4.79 Å². The van der Waals surface area contributed by atoms with Crippen molar-refractivity contribution in [3.05, 3.63) is 0 Å². The Balaban J connectivity index is 1.73. The van der Waals surface area contributed by atoms with E-state index in [9.17, 15) is 9.90 Å². The van der Waals surface area contributed by atoms with E-state index in [4.69, 9.17) is 0 Å². The van der Waals surface area contributed by atoms with E-state index < -0.39 is 5.97 Å². The second-order valence-corrected chi connectivity index (χ2v) is 7.68. The van der Waals surface area contributed by atoms with Crippen LogP contribution in [0.15, 0.2) is 0 Å². The number of carbonyl (C=O) groups is 1. The van der Waals surface area contributed by atoms with E-state index in [0.717, 1.165) is 12.8 Å². The molecule has 3 nitrogen and oxygen atoms in total. The summed E-state index contributed by atoms with van der Waals surface area (Å²) >= 11 is 0. The van der Waals surface area contributed by atoms with Gasteiger partial charge in [0.1, 0.15) is 0 Å². The van der Waals surface area contributed by atoms with Crippen LogP contribution in [0.25, 0.3) is 0 Å². The Morgan fingerprint density at radius 1 is 1.16 bits per heavy atom. The first-order valence-corrected chi connectivity index (χ1v) is 7.98. The minimum atomic E-state index is -0.571. The van der Waals surface area contributed by atoms with E-state index in [1.807, 2.05) is 0 Å². The Morgan fingerprint density at radius 2 is 1.89 bits per heavy atom. The van der Waals surface area contributed by atoms with Gasteiger partial charge in [-0.1, -0.05) is 26.7 Å². The van der Waals surface area contributed by atoms with Crippen LogP contribution >= 0.6 is 0 Å². The smallest absolute Gasteiger partial charge is 0.308 e. The van der Waals surface area contributed by atoms with E-state index >= 15 is 0 Å². The highest BCUT2D eigenvalue weighted by molar-refractivity contribution is 5.72. The van der Waals surface area contributed by atoms with Crippen molar-refractivity contribution in [1.82, 2.24) is 5.32 Å². The molecule has 3 saturated carbocycles. The maximum Gasteiger partial charge on any atom is 0.308 e. The first-order valence-electron chi connectivity index (χ1n) is 7.98. The molecule has 3 fully saturated rings. The lowest BCUT2D eigenvalue weighted by Crippen LogP contribution is -2.54. The number of aliphatic carboxylic acids is 1. The zero-order valence-electron chi connectivity index (χ0n) is 12.2. The molecular formula is C16H27NO2. The van der Waals surface area contributed by atoms with Crippen molar-refractivity contribution in [3.8, 4) is 0 Å². The molecule has 19 heavy (non-hydrogen) atoms. The normalized spacial score (nSPS) is 44.4. The molecule has 0 aromatic rings. The second-order valence-electron chi connectivity index (χ2n) is 7.68. The topological polar surface area (TPSA) is 49.3 Å². The van der Waals surface area contributed by atoms with E-state index in [1.165, 1.54) is 32.1 Å². The molecule has 0 heterocycles. The third-order valence-corrected chi connectivity index (χ3v) is 6.10. The lowest BCUT2D eigenvalue weighted by atomic mass is 9.72. The van der Waals surface area contributed by atoms with Gasteiger partial charge >= 0.3 is 5.97 Å². The van der Waals surface area contributed by atoms with E-state index in [2.05, 4.69) is 19.2 Å². The third kappa shape index (κ3) is 2.31. The highest BCUT2D eigenvalue weighted by atomic mass is 16.4. The molecule has 3 aliphatic rings. The summed E-state index contributed by atoms with van der Waals surface area (Å²) in [7, 11) is 0. The summed E-state index contributed by atoms with van der Waals surface area (Å²) in [6.07, 6.45) is 8.61. The van der Waals surface area contributed by atoms with Crippen LogP contribution in [-0.4, -0.2) is 23.2 Å². The summed E-state index contributed by atoms with van der Waals surface area (Å²) < 4.78 is 0. The van der Waals surface area contributed by atoms with Gasteiger partial charge in [0.2, 0.25) is 0 Å². The SMILES string of the molecule is CC1(C)CCCCC1NC1C2CCC(C2)C1C(=O)O. The van der Waals surface area contributed by atoms with Gasteiger partial charge < -0.3 is 10.4 Å². The van der Waals surface area contributed by atoms with Crippen LogP contribution in [0.2, 0.25) is 0 Å². The zero-order valence-corrected chi connectivity index (χ0v) is 12.2. The van der Waals surface area contributed by atoms with Crippen LogP contribution < -0.4 is 5.32 Å². The first kappa shape index (κ1) is 13.4. The van der Waals surface area contributed by atoms with Crippen molar-refractivity contribution >= 4 is 5.97 Å². The van der Waals surface area contributed by atoms with Gasteiger partial charge in [-0.25, -0.2) is 0 Å². The molecule has 108 valence electrons. The van der Waals surface area contributed by atoms with Gasteiger partial charge in [0.15, 0.2) is 0 Å². The van der Waals surface area contributed by atoms with Crippen molar-refractivity contribution in [3.63, 3.8) is 0 Å². The van der Waals surface area contributed by atoms with Crippen molar-refractivity contribution in [2.75, 3.05) is 0 Å². The molecule has 0 aromatic heterocycles. The summed E-state index contributed by atoms with van der Waals surface area (Å²) in [5.74, 6) is 0.352. The molecule has 0 spiro atoms. The number of hydrogen-bond donors (Lipinski definition) is 2. The van der Waals surface area contributed by atoms with Gasteiger partial charge in [-0.2, -0.15) is 0 Å². The number of fused-ring (bicyclic) bond motifs is 2. The van der Waals surface area contributed by atoms with Gasteiger partial charge in [-0.15, -0.1) is 0 Å². The Labute approximate surface area is 116 Å². The maximum atomic E-state index is 11.6. The molecule has 0 amide bonds. The van der Waals surface area contributed by atoms with Gasteiger partial charge in [0.05, 0.1) is 5.92 Å². The minimum Gasteiger partial charge on any atom is -0.481 e. The quantitative estimate of drug-likeness (QED) is 0.824. The molecule has 3 heteroatoms. The maximum absolute atomic E-state index is 11.6. The van der Waals surface area contributed by atoms with Crippen LogP contribution in [0.1, 0.15) is 58.8 Å². The first-order chi connectivity index (χ1) is 8.99. The Morgan fingerprint density at radius 3 is 2.58 bits per heavy atom. The van der Waals surface area contributed by atoms with Crippen molar-refractivity contribution in [1.29, 1.82) is 0 Å². The fourth-order valence-electron chi connectivity index (χ4n) is 4.92. The second kappa shape index (κ2) is 4.76. The number of nitrogens with one attached hydrogen (secondary N) is 1. The molecule has 3 rings (SSSR count). The minimum absolute atomic E-state index is 0.128. The summed E-state index contributed by atoms with van der Waals surface area (Å²) in [5.41, 5.74) is 0.323. The largest absolute Gasteiger partial charge is 0.481 e. The van der Waals surface area contributed by atoms with Crippen LogP contribution in [0.5, 0.6) is 0 Å². The number of hydrogen-bond acceptors (Lipinski definition) is 2. The van der Waals surface area contributed by atoms with Crippen LogP contribution in [0.3, 0.4) is 0 Å². The molecule has 2 N–H and O–H groups in total. The van der Waals surface area contributed by atoms with Gasteiger partial charge in [-0.05, 0) is 49.4 Å². The summed E-state index contributed by atoms with van der Waals surface area (Å²) in [6, 6.07) is 0.742. The predicted octanol–water partition coefficient (Wildman–Crippen LogP) is 3.04. The lowest BCUT2D eigenvalue weighted by Gasteiger charge is -2.43. The van der Waals surface area contributed by atoms with Crippen LogP contribution in [0.4, 0.5) is 0 Å². The van der Waals surface area contributed by atoms with Crippen molar-refractivity contribution in [2.24, 2.45) is 23.2 Å². The van der Waals surface area contributed by atoms with Crippen LogP contribution in [0, 0.1) is 23.2 Å². The molecule has 0 radical (unpaired) electrons. The van der Waals surface area contributed by atoms with Crippen molar-refractivity contribution < 1.29 is 9.90 Å². The number of rotatable bonds is 3. The highest BCUT2D eigenvalue weighted by Gasteiger charge is 2.52. The fourth-order valence-corrected chi connectivity index (χ4v) is 4.92. The summed E-state index contributed by atoms with van der Waals surface area (Å²) in [4.78, 5) is 11.6. The summed E-state index contributed by atoms with van der Waals surface area (Å²) in [5, 5.41) is 13.3. The average Bonchev–Trinajstić information content (AvgIpc) is 2.91. The number of carboxylic acids is 1. The molecular weight excluding hydrogens is 238 g/mol. The molecule has 3 aliphatic carbocycles.